The minimum atomic E-state index is -0.405. The van der Waals surface area contributed by atoms with Crippen LogP contribution in [0.4, 0.5) is 0 Å². The zero-order valence-corrected chi connectivity index (χ0v) is 19.7. The standard InChI is InChI=1S/C26H35NO5/c1-6-27-12-24(5)8-7-21(31-14(3)28)26-19(24)9-17(22(26)27)25-11-16(18(30)10-20(25)26)13(2)23(25)32-15(4)29/h16-17,19-23H,2,6-12H2,1,3-5H3/t16-,17?,19+,20+,21?,22+,23+,24-,25-,26?/m0/s1. The Morgan fingerprint density at radius 2 is 1.91 bits per heavy atom. The van der Waals surface area contributed by atoms with Crippen LogP contribution in [0.2, 0.25) is 0 Å². The number of piperidine rings is 1. The Labute approximate surface area is 190 Å². The third-order valence-electron chi connectivity index (χ3n) is 10.9. The van der Waals surface area contributed by atoms with Crippen molar-refractivity contribution in [2.75, 3.05) is 13.1 Å². The summed E-state index contributed by atoms with van der Waals surface area (Å²) in [6, 6.07) is 0.260. The van der Waals surface area contributed by atoms with Gasteiger partial charge < -0.3 is 9.47 Å². The zero-order chi connectivity index (χ0) is 22.8. The maximum absolute atomic E-state index is 13.4. The predicted octanol–water partition coefficient (Wildman–Crippen LogP) is 3.14. The summed E-state index contributed by atoms with van der Waals surface area (Å²) in [6.07, 6.45) is 3.62. The van der Waals surface area contributed by atoms with E-state index in [4.69, 9.17) is 9.47 Å². The lowest BCUT2D eigenvalue weighted by Crippen LogP contribution is -2.69. The minimum absolute atomic E-state index is 0.0643. The van der Waals surface area contributed by atoms with Crippen molar-refractivity contribution in [3.63, 3.8) is 0 Å². The van der Waals surface area contributed by atoms with E-state index in [0.29, 0.717) is 18.3 Å². The number of esters is 2. The highest BCUT2D eigenvalue weighted by Crippen LogP contribution is 2.83. The number of nitrogens with zero attached hydrogens (tertiary/aromatic N) is 1. The van der Waals surface area contributed by atoms with Crippen molar-refractivity contribution in [1.29, 1.82) is 0 Å². The Morgan fingerprint density at radius 3 is 2.56 bits per heavy atom. The molecule has 5 saturated carbocycles. The fourth-order valence-corrected chi connectivity index (χ4v) is 10.4. The van der Waals surface area contributed by atoms with Crippen molar-refractivity contribution in [2.45, 2.75) is 78.0 Å². The zero-order valence-electron chi connectivity index (χ0n) is 19.7. The summed E-state index contributed by atoms with van der Waals surface area (Å²) in [6.45, 7) is 13.9. The molecule has 1 aliphatic heterocycles. The van der Waals surface area contributed by atoms with E-state index >= 15 is 0 Å². The molecule has 0 N–H and O–H groups in total. The first-order valence-corrected chi connectivity index (χ1v) is 12.4. The van der Waals surface area contributed by atoms with Crippen LogP contribution in [0.5, 0.6) is 0 Å². The molecule has 0 amide bonds. The molecule has 32 heavy (non-hydrogen) atoms. The molecule has 6 heteroatoms. The minimum Gasteiger partial charge on any atom is -0.462 e. The van der Waals surface area contributed by atoms with Gasteiger partial charge in [-0.1, -0.05) is 20.4 Å². The van der Waals surface area contributed by atoms with Crippen LogP contribution in [-0.4, -0.2) is 54.0 Å². The van der Waals surface area contributed by atoms with Gasteiger partial charge in [0.15, 0.2) is 0 Å². The first kappa shape index (κ1) is 20.9. The second kappa shape index (κ2) is 6.25. The van der Waals surface area contributed by atoms with Gasteiger partial charge >= 0.3 is 11.9 Å². The van der Waals surface area contributed by atoms with Gasteiger partial charge in [0.05, 0.1) is 0 Å². The molecule has 6 fully saturated rings. The quantitative estimate of drug-likeness (QED) is 0.495. The van der Waals surface area contributed by atoms with Crippen LogP contribution < -0.4 is 0 Å². The lowest BCUT2D eigenvalue weighted by atomic mass is 9.43. The average Bonchev–Trinajstić information content (AvgIpc) is 3.24. The van der Waals surface area contributed by atoms with Crippen molar-refractivity contribution < 1.29 is 23.9 Å². The fraction of sp³-hybridized carbons (Fsp3) is 0.808. The molecule has 5 aliphatic carbocycles. The Hall–Kier alpha value is -1.69. The van der Waals surface area contributed by atoms with Crippen LogP contribution in [-0.2, 0) is 23.9 Å². The summed E-state index contributed by atoms with van der Waals surface area (Å²) in [4.78, 5) is 40.5. The van der Waals surface area contributed by atoms with Crippen LogP contribution in [0.1, 0.15) is 59.8 Å². The first-order chi connectivity index (χ1) is 15.1. The number of rotatable bonds is 3. The van der Waals surface area contributed by atoms with E-state index in [1.54, 1.807) is 0 Å². The van der Waals surface area contributed by atoms with E-state index in [-0.39, 0.29) is 57.9 Å². The van der Waals surface area contributed by atoms with Crippen molar-refractivity contribution >= 4 is 17.7 Å². The molecule has 0 aromatic carbocycles. The van der Waals surface area contributed by atoms with Crippen LogP contribution in [0.15, 0.2) is 12.2 Å². The lowest BCUT2D eigenvalue weighted by Gasteiger charge is -2.65. The SMILES string of the molecule is C=C1[C@@H]2C[C@@]3(C4C[C@H]5C6(C(OC(C)=O)CC[C@@]5(C)CN(CC)[C@H]46)[C@@H]3CC2=O)[C@@H]1OC(C)=O. The highest BCUT2D eigenvalue weighted by atomic mass is 16.5. The summed E-state index contributed by atoms with van der Waals surface area (Å²) in [5, 5.41) is 0. The van der Waals surface area contributed by atoms with Crippen molar-refractivity contribution in [3.05, 3.63) is 12.2 Å². The number of carbonyl (C=O) groups is 3. The Balaban J connectivity index is 1.59. The maximum atomic E-state index is 13.4. The summed E-state index contributed by atoms with van der Waals surface area (Å²) in [7, 11) is 0. The number of Topliss-reactive ketones (excluding diaryl/α,β-unsaturated/α-hetero) is 1. The Kier molecular flexibility index (Phi) is 4.08. The van der Waals surface area contributed by atoms with Gasteiger partial charge in [-0.05, 0) is 61.0 Å². The largest absolute Gasteiger partial charge is 0.462 e. The molecular formula is C26H35NO5. The predicted molar refractivity (Wildman–Crippen MR) is 116 cm³/mol. The van der Waals surface area contributed by atoms with Crippen LogP contribution in [0, 0.1) is 39.9 Å². The molecule has 7 bridgehead atoms. The van der Waals surface area contributed by atoms with E-state index in [1.165, 1.54) is 13.8 Å². The molecule has 10 atom stereocenters. The molecule has 0 radical (unpaired) electrons. The molecule has 2 spiro atoms. The van der Waals surface area contributed by atoms with E-state index in [1.807, 2.05) is 0 Å². The van der Waals surface area contributed by atoms with E-state index in [0.717, 1.165) is 44.3 Å². The van der Waals surface area contributed by atoms with Gasteiger partial charge in [0.2, 0.25) is 0 Å². The van der Waals surface area contributed by atoms with E-state index in [9.17, 15) is 14.4 Å². The van der Waals surface area contributed by atoms with Crippen LogP contribution in [0.25, 0.3) is 0 Å². The average molecular weight is 442 g/mol. The second-order valence-electron chi connectivity index (χ2n) is 11.8. The molecule has 1 saturated heterocycles. The third-order valence-corrected chi connectivity index (χ3v) is 10.9. The fourth-order valence-electron chi connectivity index (χ4n) is 10.4. The molecule has 174 valence electrons. The summed E-state index contributed by atoms with van der Waals surface area (Å²) < 4.78 is 12.2. The topological polar surface area (TPSA) is 72.9 Å². The molecule has 3 unspecified atom stereocenters. The Bertz CT molecular complexity index is 945. The summed E-state index contributed by atoms with van der Waals surface area (Å²) >= 11 is 0. The van der Waals surface area contributed by atoms with Gasteiger partial charge in [-0.25, -0.2) is 0 Å². The third kappa shape index (κ3) is 2.10. The summed E-state index contributed by atoms with van der Waals surface area (Å²) in [5.41, 5.74) is 0.446. The lowest BCUT2D eigenvalue weighted by molar-refractivity contribution is -0.224. The first-order valence-electron chi connectivity index (χ1n) is 12.4. The number of hydrogen-bond donors (Lipinski definition) is 0. The van der Waals surface area contributed by atoms with E-state index in [2.05, 4.69) is 25.3 Å². The number of ether oxygens (including phenoxy) is 2. The number of ketones is 1. The van der Waals surface area contributed by atoms with Crippen molar-refractivity contribution in [3.8, 4) is 0 Å². The molecular weight excluding hydrogens is 406 g/mol. The summed E-state index contributed by atoms with van der Waals surface area (Å²) in [5.74, 6) is 0.322. The number of likely N-dealkylation sites (tertiary alicyclic amines) is 1. The molecule has 0 aromatic heterocycles. The maximum Gasteiger partial charge on any atom is 0.303 e. The second-order valence-corrected chi connectivity index (χ2v) is 11.8. The normalized spacial score (nSPS) is 52.7. The monoisotopic (exact) mass is 441 g/mol. The van der Waals surface area contributed by atoms with Gasteiger partial charge in [-0.2, -0.15) is 0 Å². The number of carbonyl (C=O) groups excluding carboxylic acids is 3. The van der Waals surface area contributed by atoms with Gasteiger partial charge in [0.25, 0.3) is 0 Å². The number of hydrogen-bond acceptors (Lipinski definition) is 6. The highest BCUT2D eigenvalue weighted by molar-refractivity contribution is 5.87. The van der Waals surface area contributed by atoms with Crippen LogP contribution >= 0.6 is 0 Å². The molecule has 6 rings (SSSR count). The van der Waals surface area contributed by atoms with Gasteiger partial charge in [0, 0.05) is 49.6 Å². The molecule has 0 aromatic rings. The highest BCUT2D eigenvalue weighted by Gasteiger charge is 2.86. The van der Waals surface area contributed by atoms with Gasteiger partial charge in [0.1, 0.15) is 18.0 Å². The van der Waals surface area contributed by atoms with Gasteiger partial charge in [-0.3, -0.25) is 19.3 Å². The molecule has 6 aliphatic rings. The molecule has 1 heterocycles. The Morgan fingerprint density at radius 1 is 1.19 bits per heavy atom. The number of fused-ring (bicyclic) bond motifs is 1. The molecule has 6 nitrogen and oxygen atoms in total. The van der Waals surface area contributed by atoms with Crippen LogP contribution in [0.3, 0.4) is 0 Å². The van der Waals surface area contributed by atoms with Gasteiger partial charge in [-0.15, -0.1) is 0 Å². The van der Waals surface area contributed by atoms with Crippen molar-refractivity contribution in [2.24, 2.45) is 39.9 Å². The van der Waals surface area contributed by atoms with E-state index < -0.39 is 6.10 Å². The smallest absolute Gasteiger partial charge is 0.303 e. The van der Waals surface area contributed by atoms with Crippen molar-refractivity contribution in [1.82, 2.24) is 4.90 Å².